The number of carboxylic acid groups (broad SMARTS) is 2. The molecule has 0 saturated heterocycles. The minimum Gasteiger partial charge on any atom is -0.480 e. The number of unbranched alkanes of at least 4 members (excludes halogenated alkanes) is 9. The van der Waals surface area contributed by atoms with E-state index in [1.807, 2.05) is 0 Å². The second-order valence-corrected chi connectivity index (χ2v) is 8.02. The first kappa shape index (κ1) is 28.1. The van der Waals surface area contributed by atoms with Crippen LogP contribution in [0.25, 0.3) is 0 Å². The number of nitrogens with one attached hydrogen (secondary N) is 1. The Hall–Kier alpha value is -1.14. The molecule has 1 unspecified atom stereocenters. The fraction of sp³-hybridized carbons (Fsp3) is 0.905. The molecule has 0 aromatic rings. The summed E-state index contributed by atoms with van der Waals surface area (Å²) >= 11 is 0. The highest BCUT2D eigenvalue weighted by molar-refractivity contribution is 5.77. The number of carboxylic acids is 2. The molecule has 0 rings (SSSR count). The number of aliphatic carboxylic acids is 2. The van der Waals surface area contributed by atoms with E-state index in [1.54, 1.807) is 39.8 Å². The zero-order valence-electron chi connectivity index (χ0n) is 18.5. The minimum atomic E-state index is -0.792. The molecule has 0 aromatic heterocycles. The van der Waals surface area contributed by atoms with Crippen LogP contribution in [-0.4, -0.2) is 59.3 Å². The molecular formula is C21H44N2O4. The molecule has 6 nitrogen and oxygen atoms in total. The molecule has 1 atom stereocenters. The van der Waals surface area contributed by atoms with Gasteiger partial charge in [-0.05, 0) is 47.8 Å². The van der Waals surface area contributed by atoms with Gasteiger partial charge in [-0.1, -0.05) is 64.7 Å². The van der Waals surface area contributed by atoms with Gasteiger partial charge in [-0.15, -0.1) is 0 Å². The number of rotatable bonds is 15. The van der Waals surface area contributed by atoms with E-state index in [4.69, 9.17) is 10.2 Å². The Morgan fingerprint density at radius 1 is 0.889 bits per heavy atom. The second-order valence-electron chi connectivity index (χ2n) is 8.02. The SMILES string of the molecule is CC(C(=O)O)N(C)C.CCCCCCCCCCCCNC(C)(C)C(=O)O. The molecule has 0 saturated carbocycles. The second kappa shape index (κ2) is 17.0. The van der Waals surface area contributed by atoms with Gasteiger partial charge in [-0.25, -0.2) is 0 Å². The van der Waals surface area contributed by atoms with Gasteiger partial charge in [0.15, 0.2) is 0 Å². The molecule has 0 heterocycles. The van der Waals surface area contributed by atoms with Gasteiger partial charge in [0, 0.05) is 0 Å². The van der Waals surface area contributed by atoms with Gasteiger partial charge in [0.1, 0.15) is 11.6 Å². The molecule has 6 heteroatoms. The zero-order chi connectivity index (χ0) is 21.3. The summed E-state index contributed by atoms with van der Waals surface area (Å²) in [6, 6.07) is -0.380. The third kappa shape index (κ3) is 18.0. The van der Waals surface area contributed by atoms with E-state index >= 15 is 0 Å². The van der Waals surface area contributed by atoms with Crippen LogP contribution in [-0.2, 0) is 9.59 Å². The van der Waals surface area contributed by atoms with E-state index in [0.717, 1.165) is 13.0 Å². The summed E-state index contributed by atoms with van der Waals surface area (Å²) in [5.41, 5.74) is -0.792. The fourth-order valence-electron chi connectivity index (χ4n) is 2.31. The molecule has 0 fully saturated rings. The van der Waals surface area contributed by atoms with E-state index in [2.05, 4.69) is 12.2 Å². The van der Waals surface area contributed by atoms with Crippen molar-refractivity contribution in [2.24, 2.45) is 0 Å². The lowest BCUT2D eigenvalue weighted by molar-refractivity contribution is -0.143. The number of nitrogens with zero attached hydrogens (tertiary/aromatic N) is 1. The molecule has 0 spiro atoms. The summed E-state index contributed by atoms with van der Waals surface area (Å²) in [6.45, 7) is 8.12. The van der Waals surface area contributed by atoms with Crippen molar-refractivity contribution in [2.75, 3.05) is 20.6 Å². The molecule has 162 valence electrons. The van der Waals surface area contributed by atoms with Gasteiger partial charge < -0.3 is 15.5 Å². The quantitative estimate of drug-likeness (QED) is 0.361. The van der Waals surface area contributed by atoms with Crippen LogP contribution in [0.5, 0.6) is 0 Å². The molecule has 0 aliphatic carbocycles. The van der Waals surface area contributed by atoms with Crippen molar-refractivity contribution in [1.29, 1.82) is 0 Å². The van der Waals surface area contributed by atoms with Gasteiger partial charge in [0.2, 0.25) is 0 Å². The molecule has 3 N–H and O–H groups in total. The average molecular weight is 389 g/mol. The lowest BCUT2D eigenvalue weighted by atomic mass is 10.0. The van der Waals surface area contributed by atoms with Crippen LogP contribution in [0.4, 0.5) is 0 Å². The molecule has 0 aromatic carbocycles. The first-order valence-electron chi connectivity index (χ1n) is 10.4. The number of hydrogen-bond acceptors (Lipinski definition) is 4. The van der Waals surface area contributed by atoms with Crippen LogP contribution in [0.2, 0.25) is 0 Å². The summed E-state index contributed by atoms with van der Waals surface area (Å²) < 4.78 is 0. The standard InChI is InChI=1S/C16H33NO2.C5H11NO2/c1-4-5-6-7-8-9-10-11-12-13-14-17-16(2,3)15(18)19;1-4(5(7)8)6(2)3/h17H,4-14H2,1-3H3,(H,18,19);4H,1-3H3,(H,7,8). The Balaban J connectivity index is 0. The highest BCUT2D eigenvalue weighted by Crippen LogP contribution is 2.10. The Kier molecular flexibility index (Phi) is 17.7. The highest BCUT2D eigenvalue weighted by Gasteiger charge is 2.25. The number of hydrogen-bond donors (Lipinski definition) is 3. The Morgan fingerprint density at radius 3 is 1.59 bits per heavy atom. The van der Waals surface area contributed by atoms with E-state index in [-0.39, 0.29) is 6.04 Å². The number of likely N-dealkylation sites (N-methyl/N-ethyl adjacent to an activating group) is 1. The van der Waals surface area contributed by atoms with Gasteiger partial charge in [-0.2, -0.15) is 0 Å². The highest BCUT2D eigenvalue weighted by atomic mass is 16.4. The van der Waals surface area contributed by atoms with Crippen LogP contribution >= 0.6 is 0 Å². The summed E-state index contributed by atoms with van der Waals surface area (Å²) in [7, 11) is 3.47. The predicted molar refractivity (Wildman–Crippen MR) is 112 cm³/mol. The van der Waals surface area contributed by atoms with Crippen molar-refractivity contribution < 1.29 is 19.8 Å². The van der Waals surface area contributed by atoms with Crippen molar-refractivity contribution in [3.05, 3.63) is 0 Å². The van der Waals surface area contributed by atoms with Crippen molar-refractivity contribution in [1.82, 2.24) is 10.2 Å². The molecule has 0 radical (unpaired) electrons. The molecule has 0 aliphatic heterocycles. The van der Waals surface area contributed by atoms with Gasteiger partial charge >= 0.3 is 11.9 Å². The van der Waals surface area contributed by atoms with Gasteiger partial charge in [0.25, 0.3) is 0 Å². The zero-order valence-corrected chi connectivity index (χ0v) is 18.5. The maximum atomic E-state index is 10.9. The van der Waals surface area contributed by atoms with Crippen LogP contribution in [0.1, 0.15) is 91.9 Å². The predicted octanol–water partition coefficient (Wildman–Crippen LogP) is 4.38. The van der Waals surface area contributed by atoms with E-state index in [9.17, 15) is 9.59 Å². The molecule has 0 aliphatic rings. The summed E-state index contributed by atoms with van der Waals surface area (Å²) in [4.78, 5) is 22.6. The maximum Gasteiger partial charge on any atom is 0.323 e. The molecule has 0 amide bonds. The van der Waals surface area contributed by atoms with Crippen LogP contribution < -0.4 is 5.32 Å². The Labute approximate surface area is 166 Å². The molecule has 27 heavy (non-hydrogen) atoms. The van der Waals surface area contributed by atoms with Crippen LogP contribution in [0, 0.1) is 0 Å². The van der Waals surface area contributed by atoms with Crippen LogP contribution in [0.3, 0.4) is 0 Å². The minimum absolute atomic E-state index is 0.380. The largest absolute Gasteiger partial charge is 0.480 e. The van der Waals surface area contributed by atoms with Crippen molar-refractivity contribution in [2.45, 2.75) is 103 Å². The van der Waals surface area contributed by atoms with Crippen molar-refractivity contribution >= 4 is 11.9 Å². The molecule has 0 bridgehead atoms. The fourth-order valence-corrected chi connectivity index (χ4v) is 2.31. The van der Waals surface area contributed by atoms with Crippen molar-refractivity contribution in [3.63, 3.8) is 0 Å². The first-order chi connectivity index (χ1) is 12.6. The Morgan fingerprint density at radius 2 is 1.30 bits per heavy atom. The third-order valence-electron chi connectivity index (χ3n) is 4.76. The summed E-state index contributed by atoms with van der Waals surface area (Å²) in [6.07, 6.45) is 13.1. The third-order valence-corrected chi connectivity index (χ3v) is 4.76. The number of carbonyl (C=O) groups is 2. The lowest BCUT2D eigenvalue weighted by Crippen LogP contribution is -2.46. The summed E-state index contributed by atoms with van der Waals surface area (Å²) in [5.74, 6) is -1.56. The smallest absolute Gasteiger partial charge is 0.323 e. The van der Waals surface area contributed by atoms with Gasteiger partial charge in [0.05, 0.1) is 0 Å². The van der Waals surface area contributed by atoms with Gasteiger partial charge in [-0.3, -0.25) is 14.5 Å². The average Bonchev–Trinajstić information content (AvgIpc) is 2.59. The monoisotopic (exact) mass is 388 g/mol. The van der Waals surface area contributed by atoms with E-state index in [0.29, 0.717) is 0 Å². The van der Waals surface area contributed by atoms with E-state index < -0.39 is 17.5 Å². The van der Waals surface area contributed by atoms with Crippen LogP contribution in [0.15, 0.2) is 0 Å². The maximum absolute atomic E-state index is 10.9. The first-order valence-corrected chi connectivity index (χ1v) is 10.4. The summed E-state index contributed by atoms with van der Waals surface area (Å²) in [5, 5.41) is 20.3. The normalized spacial score (nSPS) is 12.4. The molecular weight excluding hydrogens is 344 g/mol. The topological polar surface area (TPSA) is 89.9 Å². The lowest BCUT2D eigenvalue weighted by Gasteiger charge is -2.20. The van der Waals surface area contributed by atoms with E-state index in [1.165, 1.54) is 57.8 Å². The van der Waals surface area contributed by atoms with Crippen molar-refractivity contribution in [3.8, 4) is 0 Å². The Bertz CT molecular complexity index is 384.